The molecule has 0 aromatic heterocycles. The summed E-state index contributed by atoms with van der Waals surface area (Å²) in [5.41, 5.74) is 5.31. The van der Waals surface area contributed by atoms with Gasteiger partial charge in [-0.2, -0.15) is 0 Å². The van der Waals surface area contributed by atoms with E-state index < -0.39 is 11.9 Å². The third-order valence-electron chi connectivity index (χ3n) is 2.13. The van der Waals surface area contributed by atoms with Gasteiger partial charge >= 0.3 is 0 Å². The lowest BCUT2D eigenvalue weighted by atomic mass is 10.3. The van der Waals surface area contributed by atoms with Crippen LogP contribution in [0.3, 0.4) is 0 Å². The monoisotopic (exact) mass is 323 g/mol. The summed E-state index contributed by atoms with van der Waals surface area (Å²) in [6.07, 6.45) is 0. The Kier molecular flexibility index (Phi) is 5.72. The summed E-state index contributed by atoms with van der Waals surface area (Å²) in [6, 6.07) is 2.29. The molecule has 1 aromatic rings. The van der Waals surface area contributed by atoms with Crippen LogP contribution in [0, 0.1) is 0 Å². The number of hydrogen-bond donors (Lipinski definition) is 3. The SMILES string of the molecule is CC(=O)NC(C)C(=O)NNc1c(Cl)cc(Cl)cc1Cl. The molecule has 2 amide bonds. The molecule has 0 saturated carbocycles. The first-order valence-electron chi connectivity index (χ1n) is 5.28. The van der Waals surface area contributed by atoms with Crippen LogP contribution in [0.1, 0.15) is 13.8 Å². The van der Waals surface area contributed by atoms with Crippen LogP contribution in [0.15, 0.2) is 12.1 Å². The van der Waals surface area contributed by atoms with Gasteiger partial charge in [0.1, 0.15) is 6.04 Å². The van der Waals surface area contributed by atoms with Crippen LogP contribution in [0.25, 0.3) is 0 Å². The van der Waals surface area contributed by atoms with Crippen LogP contribution >= 0.6 is 34.8 Å². The minimum atomic E-state index is -0.685. The number of carbonyl (C=O) groups excluding carboxylic acids is 2. The van der Waals surface area contributed by atoms with Gasteiger partial charge in [-0.05, 0) is 19.1 Å². The van der Waals surface area contributed by atoms with E-state index in [2.05, 4.69) is 16.2 Å². The summed E-state index contributed by atoms with van der Waals surface area (Å²) in [7, 11) is 0. The molecule has 0 spiro atoms. The van der Waals surface area contributed by atoms with Gasteiger partial charge in [0.2, 0.25) is 5.91 Å². The Morgan fingerprint density at radius 1 is 1.16 bits per heavy atom. The zero-order valence-corrected chi connectivity index (χ0v) is 12.5. The van der Waals surface area contributed by atoms with E-state index in [1.54, 1.807) is 6.92 Å². The first-order chi connectivity index (χ1) is 8.81. The van der Waals surface area contributed by atoms with Crippen molar-refractivity contribution in [3.05, 3.63) is 27.2 Å². The Hall–Kier alpha value is -1.17. The smallest absolute Gasteiger partial charge is 0.260 e. The Balaban J connectivity index is 2.67. The quantitative estimate of drug-likeness (QED) is 0.746. The molecule has 0 bridgehead atoms. The molecule has 0 saturated heterocycles. The Labute approximate surface area is 125 Å². The highest BCUT2D eigenvalue weighted by Crippen LogP contribution is 2.32. The second-order valence-electron chi connectivity index (χ2n) is 3.78. The minimum absolute atomic E-state index is 0.269. The van der Waals surface area contributed by atoms with Crippen LogP contribution in [0.4, 0.5) is 5.69 Å². The zero-order chi connectivity index (χ0) is 14.6. The van der Waals surface area contributed by atoms with Gasteiger partial charge in [0.05, 0.1) is 15.7 Å². The standard InChI is InChI=1S/C11H12Cl3N3O2/c1-5(15-6(2)18)11(19)17-16-10-8(13)3-7(12)4-9(10)14/h3-5,16H,1-2H3,(H,15,18)(H,17,19). The molecule has 3 N–H and O–H groups in total. The molecular weight excluding hydrogens is 312 g/mol. The van der Waals surface area contributed by atoms with E-state index in [1.807, 2.05) is 0 Å². The maximum Gasteiger partial charge on any atom is 0.260 e. The fourth-order valence-corrected chi connectivity index (χ4v) is 2.18. The van der Waals surface area contributed by atoms with Crippen LogP contribution in [0.2, 0.25) is 15.1 Å². The maximum atomic E-state index is 11.6. The predicted octanol–water partition coefficient (Wildman–Crippen LogP) is 2.61. The van der Waals surface area contributed by atoms with E-state index in [0.29, 0.717) is 10.7 Å². The molecule has 1 unspecified atom stereocenters. The maximum absolute atomic E-state index is 11.6. The molecule has 0 fully saturated rings. The molecule has 104 valence electrons. The highest BCUT2D eigenvalue weighted by molar-refractivity contribution is 6.41. The molecular formula is C11H12Cl3N3O2. The lowest BCUT2D eigenvalue weighted by Crippen LogP contribution is -2.46. The predicted molar refractivity (Wildman–Crippen MR) is 76.5 cm³/mol. The van der Waals surface area contributed by atoms with E-state index >= 15 is 0 Å². The summed E-state index contributed by atoms with van der Waals surface area (Å²) >= 11 is 17.6. The summed E-state index contributed by atoms with van der Waals surface area (Å²) in [5.74, 6) is -0.734. The van der Waals surface area contributed by atoms with Crippen molar-refractivity contribution in [2.24, 2.45) is 0 Å². The van der Waals surface area contributed by atoms with Crippen molar-refractivity contribution < 1.29 is 9.59 Å². The van der Waals surface area contributed by atoms with Crippen molar-refractivity contribution in [2.45, 2.75) is 19.9 Å². The van der Waals surface area contributed by atoms with Gasteiger partial charge in [0.25, 0.3) is 5.91 Å². The van der Waals surface area contributed by atoms with Crippen LogP contribution in [0.5, 0.6) is 0 Å². The number of hydrazine groups is 1. The van der Waals surface area contributed by atoms with E-state index in [4.69, 9.17) is 34.8 Å². The first kappa shape index (κ1) is 15.9. The highest BCUT2D eigenvalue weighted by atomic mass is 35.5. The number of nitrogens with one attached hydrogen (secondary N) is 3. The molecule has 0 heterocycles. The number of halogens is 3. The molecule has 0 aliphatic carbocycles. The average Bonchev–Trinajstić information content (AvgIpc) is 2.26. The van der Waals surface area contributed by atoms with Crippen molar-refractivity contribution in [1.29, 1.82) is 0 Å². The molecule has 8 heteroatoms. The summed E-state index contributed by atoms with van der Waals surface area (Å²) < 4.78 is 0. The number of carbonyl (C=O) groups is 2. The van der Waals surface area contributed by atoms with Gasteiger partial charge < -0.3 is 5.32 Å². The van der Waals surface area contributed by atoms with Crippen LogP contribution in [-0.2, 0) is 9.59 Å². The fourth-order valence-electron chi connectivity index (χ4n) is 1.26. The molecule has 0 aliphatic heterocycles. The van der Waals surface area contributed by atoms with Crippen molar-refractivity contribution in [1.82, 2.24) is 10.7 Å². The number of anilines is 1. The molecule has 1 aromatic carbocycles. The van der Waals surface area contributed by atoms with Crippen molar-refractivity contribution >= 4 is 52.3 Å². The summed E-state index contributed by atoms with van der Waals surface area (Å²) in [4.78, 5) is 22.5. The number of rotatable bonds is 4. The van der Waals surface area contributed by atoms with E-state index in [0.717, 1.165) is 0 Å². The Bertz CT molecular complexity index is 485. The summed E-state index contributed by atoms with van der Waals surface area (Å²) in [6.45, 7) is 2.87. The fraction of sp³-hybridized carbons (Fsp3) is 0.273. The molecule has 0 radical (unpaired) electrons. The van der Waals surface area contributed by atoms with Crippen LogP contribution in [-0.4, -0.2) is 17.9 Å². The Morgan fingerprint density at radius 3 is 2.16 bits per heavy atom. The van der Waals surface area contributed by atoms with E-state index in [-0.39, 0.29) is 16.0 Å². The third-order valence-corrected chi connectivity index (χ3v) is 2.95. The van der Waals surface area contributed by atoms with E-state index in [9.17, 15) is 9.59 Å². The second-order valence-corrected chi connectivity index (χ2v) is 5.03. The van der Waals surface area contributed by atoms with Gasteiger partial charge in [-0.25, -0.2) is 0 Å². The molecule has 5 nitrogen and oxygen atoms in total. The average molecular weight is 325 g/mol. The lowest BCUT2D eigenvalue weighted by molar-refractivity contribution is -0.127. The van der Waals surface area contributed by atoms with Gasteiger partial charge in [-0.1, -0.05) is 34.8 Å². The molecule has 1 atom stereocenters. The van der Waals surface area contributed by atoms with Gasteiger partial charge in [-0.15, -0.1) is 0 Å². The normalized spacial score (nSPS) is 11.6. The minimum Gasteiger partial charge on any atom is -0.345 e. The van der Waals surface area contributed by atoms with Crippen molar-refractivity contribution in [2.75, 3.05) is 5.43 Å². The van der Waals surface area contributed by atoms with Crippen LogP contribution < -0.4 is 16.2 Å². The first-order valence-corrected chi connectivity index (χ1v) is 6.42. The summed E-state index contributed by atoms with van der Waals surface area (Å²) in [5, 5.41) is 3.36. The number of amides is 2. The molecule has 1 rings (SSSR count). The molecule has 0 aliphatic rings. The lowest BCUT2D eigenvalue weighted by Gasteiger charge is -2.15. The topological polar surface area (TPSA) is 70.2 Å². The third kappa shape index (κ3) is 4.78. The number of hydrogen-bond acceptors (Lipinski definition) is 3. The van der Waals surface area contributed by atoms with Crippen molar-refractivity contribution in [3.63, 3.8) is 0 Å². The van der Waals surface area contributed by atoms with Gasteiger partial charge in [0, 0.05) is 11.9 Å². The van der Waals surface area contributed by atoms with E-state index in [1.165, 1.54) is 19.1 Å². The molecule has 19 heavy (non-hydrogen) atoms. The zero-order valence-electron chi connectivity index (χ0n) is 10.2. The van der Waals surface area contributed by atoms with Gasteiger partial charge in [-0.3, -0.25) is 20.4 Å². The largest absolute Gasteiger partial charge is 0.345 e. The second kappa shape index (κ2) is 6.84. The Morgan fingerprint density at radius 2 is 1.68 bits per heavy atom. The highest BCUT2D eigenvalue weighted by Gasteiger charge is 2.14. The number of benzene rings is 1. The van der Waals surface area contributed by atoms with Crippen molar-refractivity contribution in [3.8, 4) is 0 Å². The van der Waals surface area contributed by atoms with Gasteiger partial charge in [0.15, 0.2) is 0 Å².